The van der Waals surface area contributed by atoms with Crippen molar-refractivity contribution in [3.63, 3.8) is 0 Å². The van der Waals surface area contributed by atoms with E-state index in [9.17, 15) is 4.79 Å². The largest absolute Gasteiger partial charge is 1.00 e. The molecular formula is C4H5LiO. The first-order chi connectivity index (χ1) is 2.27. The zero-order valence-corrected chi connectivity index (χ0v) is 4.12. The second-order valence-corrected chi connectivity index (χ2v) is 0.882. The second-order valence-electron chi connectivity index (χ2n) is 0.882. The Balaban J connectivity index is 0. The van der Waals surface area contributed by atoms with Crippen LogP contribution in [0.25, 0.3) is 0 Å². The standard InChI is InChI=1S/C4H5O.Li/c1-4(2)3-5;/h1H2,2H3;/q-1;+1. The summed E-state index contributed by atoms with van der Waals surface area (Å²) in [5, 5.41) is 0. The van der Waals surface area contributed by atoms with Crippen LogP contribution in [0.3, 0.4) is 0 Å². The minimum absolute atomic E-state index is 0. The maximum Gasteiger partial charge on any atom is 1.00 e. The van der Waals surface area contributed by atoms with Gasteiger partial charge in [0.1, 0.15) is 0 Å². The van der Waals surface area contributed by atoms with Gasteiger partial charge in [-0.2, -0.15) is 5.57 Å². The average molecular weight is 76.0 g/mol. The molecule has 0 heterocycles. The van der Waals surface area contributed by atoms with E-state index in [1.54, 1.807) is 13.2 Å². The zero-order chi connectivity index (χ0) is 4.28. The van der Waals surface area contributed by atoms with E-state index < -0.39 is 0 Å². The van der Waals surface area contributed by atoms with Crippen molar-refractivity contribution in [3.8, 4) is 0 Å². The molecule has 6 heavy (non-hydrogen) atoms. The summed E-state index contributed by atoms with van der Waals surface area (Å²) in [5.41, 5.74) is 0.449. The molecule has 0 aliphatic rings. The molecule has 0 unspecified atom stereocenters. The van der Waals surface area contributed by atoms with Gasteiger partial charge in [0.2, 0.25) is 0 Å². The topological polar surface area (TPSA) is 17.1 Å². The first-order valence-corrected chi connectivity index (χ1v) is 1.31. The summed E-state index contributed by atoms with van der Waals surface area (Å²) >= 11 is 0. The molecule has 0 aliphatic carbocycles. The smallest absolute Gasteiger partial charge is 0.419 e. The molecule has 0 aromatic carbocycles. The molecule has 0 fully saturated rings. The summed E-state index contributed by atoms with van der Waals surface area (Å²) in [7, 11) is 0. The van der Waals surface area contributed by atoms with Crippen molar-refractivity contribution < 1.29 is 23.7 Å². The van der Waals surface area contributed by atoms with E-state index in [0.29, 0.717) is 5.57 Å². The summed E-state index contributed by atoms with van der Waals surface area (Å²) in [6.45, 7) is 4.85. The van der Waals surface area contributed by atoms with Crippen LogP contribution in [0.15, 0.2) is 12.2 Å². The fourth-order valence-electron chi connectivity index (χ4n) is 0. The van der Waals surface area contributed by atoms with Gasteiger partial charge in [0.15, 0.2) is 0 Å². The molecule has 0 rings (SSSR count). The Morgan fingerprint density at radius 2 is 2.00 bits per heavy atom. The van der Waals surface area contributed by atoms with Gasteiger partial charge in [-0.3, -0.25) is 0 Å². The summed E-state index contributed by atoms with van der Waals surface area (Å²) in [6, 6.07) is 0. The minimum atomic E-state index is 0. The van der Waals surface area contributed by atoms with E-state index in [1.165, 1.54) is 0 Å². The van der Waals surface area contributed by atoms with Crippen molar-refractivity contribution in [3.05, 3.63) is 12.2 Å². The third-order valence-electron chi connectivity index (χ3n) is 0.174. The van der Waals surface area contributed by atoms with Gasteiger partial charge in [0.05, 0.1) is 0 Å². The van der Waals surface area contributed by atoms with Crippen molar-refractivity contribution in [2.24, 2.45) is 0 Å². The van der Waals surface area contributed by atoms with Crippen LogP contribution in [0, 0.1) is 0 Å². The number of hydrogen-bond acceptors (Lipinski definition) is 1. The van der Waals surface area contributed by atoms with Crippen LogP contribution < -0.4 is 18.9 Å². The molecule has 2 heteroatoms. The molecule has 0 saturated heterocycles. The van der Waals surface area contributed by atoms with Gasteiger partial charge in [-0.05, 0) is 6.29 Å². The van der Waals surface area contributed by atoms with Crippen LogP contribution in [0.4, 0.5) is 0 Å². The molecule has 0 aromatic rings. The summed E-state index contributed by atoms with van der Waals surface area (Å²) in [6.07, 6.45) is 1.58. The van der Waals surface area contributed by atoms with E-state index in [0.717, 1.165) is 0 Å². The molecule has 0 radical (unpaired) electrons. The number of hydrogen-bond donors (Lipinski definition) is 0. The van der Waals surface area contributed by atoms with Crippen LogP contribution in [-0.4, -0.2) is 6.29 Å². The van der Waals surface area contributed by atoms with Gasteiger partial charge in [0, 0.05) is 0 Å². The third kappa shape index (κ3) is 8.99. The van der Waals surface area contributed by atoms with E-state index >= 15 is 0 Å². The van der Waals surface area contributed by atoms with Crippen LogP contribution >= 0.6 is 0 Å². The van der Waals surface area contributed by atoms with Crippen molar-refractivity contribution in [2.45, 2.75) is 6.92 Å². The van der Waals surface area contributed by atoms with Crippen LogP contribution in [0.1, 0.15) is 6.92 Å². The summed E-state index contributed by atoms with van der Waals surface area (Å²) in [5.74, 6) is 0. The molecule has 0 N–H and O–H groups in total. The predicted octanol–water partition coefficient (Wildman–Crippen LogP) is -2.32. The van der Waals surface area contributed by atoms with E-state index in [4.69, 9.17) is 0 Å². The van der Waals surface area contributed by atoms with Gasteiger partial charge in [0.25, 0.3) is 0 Å². The van der Waals surface area contributed by atoms with E-state index in [1.807, 2.05) is 0 Å². The quantitative estimate of drug-likeness (QED) is 0.194. The van der Waals surface area contributed by atoms with E-state index in [-0.39, 0.29) is 18.9 Å². The number of allylic oxidation sites excluding steroid dienone is 1. The van der Waals surface area contributed by atoms with Gasteiger partial charge in [-0.15, -0.1) is 0 Å². The minimum Gasteiger partial charge on any atom is -0.419 e. The molecule has 0 bridgehead atoms. The molecule has 0 atom stereocenters. The third-order valence-corrected chi connectivity index (χ3v) is 0.174. The van der Waals surface area contributed by atoms with Crippen molar-refractivity contribution in [1.29, 1.82) is 0 Å². The second kappa shape index (κ2) is 5.01. The molecule has 0 saturated carbocycles. The van der Waals surface area contributed by atoms with Gasteiger partial charge < -0.3 is 4.79 Å². The Kier molecular flexibility index (Phi) is 7.83. The maximum atomic E-state index is 9.28. The van der Waals surface area contributed by atoms with Crippen molar-refractivity contribution >= 4 is 6.29 Å². The SMILES string of the molecule is C=C(C)[C-]=O.[Li+]. The monoisotopic (exact) mass is 76.1 g/mol. The average Bonchev–Trinajstić information content (AvgIpc) is 1.38. The van der Waals surface area contributed by atoms with E-state index in [2.05, 4.69) is 6.58 Å². The molecular weight excluding hydrogens is 71.0 g/mol. The Labute approximate surface area is 49.6 Å². The Morgan fingerprint density at radius 1 is 1.83 bits per heavy atom. The zero-order valence-electron chi connectivity index (χ0n) is 4.12. The molecule has 28 valence electrons. The van der Waals surface area contributed by atoms with Crippen LogP contribution in [0.5, 0.6) is 0 Å². The fraction of sp³-hybridized carbons (Fsp3) is 0.250. The summed E-state index contributed by atoms with van der Waals surface area (Å²) in [4.78, 5) is 9.28. The molecule has 0 aliphatic heterocycles. The number of rotatable bonds is 1. The Bertz CT molecular complexity index is 58.6. The predicted molar refractivity (Wildman–Crippen MR) is 20.5 cm³/mol. The molecule has 1 nitrogen and oxygen atoms in total. The molecule has 0 amide bonds. The van der Waals surface area contributed by atoms with Crippen LogP contribution in [0.2, 0.25) is 0 Å². The van der Waals surface area contributed by atoms with Crippen molar-refractivity contribution in [2.75, 3.05) is 0 Å². The molecule has 0 spiro atoms. The van der Waals surface area contributed by atoms with Gasteiger partial charge >= 0.3 is 18.9 Å². The fourth-order valence-corrected chi connectivity index (χ4v) is 0. The first kappa shape index (κ1) is 9.38. The number of carbonyl (C=O) groups excluding carboxylic acids is 1. The summed E-state index contributed by atoms with van der Waals surface area (Å²) < 4.78 is 0. The van der Waals surface area contributed by atoms with Crippen LogP contribution in [-0.2, 0) is 4.79 Å². The molecule has 0 aromatic heterocycles. The van der Waals surface area contributed by atoms with Gasteiger partial charge in [-0.25, -0.2) is 6.58 Å². The van der Waals surface area contributed by atoms with Crippen molar-refractivity contribution in [1.82, 2.24) is 0 Å². The Hall–Kier alpha value is 0.00740. The first-order valence-electron chi connectivity index (χ1n) is 1.31. The Morgan fingerprint density at radius 3 is 2.00 bits per heavy atom. The maximum absolute atomic E-state index is 9.28. The van der Waals surface area contributed by atoms with Gasteiger partial charge in [-0.1, -0.05) is 6.92 Å². The normalized spacial score (nSPS) is 5.50.